The standard InChI is InChI=1S/C21H22N2O2S/c1-3-13-23(14-16-7-5-4-6-8-16)21(24)19-15-26-20(22-19)17-9-11-18(25-2)12-10-17/h4-12,15H,3,13-14H2,1-2H3. The Hall–Kier alpha value is -2.66. The van der Waals surface area contributed by atoms with Gasteiger partial charge in [-0.25, -0.2) is 4.98 Å². The smallest absolute Gasteiger partial charge is 0.273 e. The zero-order valence-corrected chi connectivity index (χ0v) is 15.8. The number of thiazole rings is 1. The number of hydrogen-bond donors (Lipinski definition) is 0. The number of hydrogen-bond acceptors (Lipinski definition) is 4. The molecule has 0 atom stereocenters. The van der Waals surface area contributed by atoms with E-state index in [1.165, 1.54) is 11.3 Å². The Morgan fingerprint density at radius 2 is 1.85 bits per heavy atom. The zero-order chi connectivity index (χ0) is 18.4. The highest BCUT2D eigenvalue weighted by atomic mass is 32.1. The van der Waals surface area contributed by atoms with Crippen molar-refractivity contribution in [1.29, 1.82) is 0 Å². The fraction of sp³-hybridized carbons (Fsp3) is 0.238. The van der Waals surface area contributed by atoms with E-state index >= 15 is 0 Å². The van der Waals surface area contributed by atoms with E-state index in [1.807, 2.05) is 64.9 Å². The average Bonchev–Trinajstić information content (AvgIpc) is 3.18. The summed E-state index contributed by atoms with van der Waals surface area (Å²) in [5.74, 6) is 0.783. The van der Waals surface area contributed by atoms with Crippen LogP contribution >= 0.6 is 11.3 Å². The molecule has 1 amide bonds. The van der Waals surface area contributed by atoms with Crippen LogP contribution in [0.3, 0.4) is 0 Å². The highest BCUT2D eigenvalue weighted by Gasteiger charge is 2.19. The Morgan fingerprint density at radius 1 is 1.12 bits per heavy atom. The van der Waals surface area contributed by atoms with Gasteiger partial charge in [-0.05, 0) is 36.2 Å². The summed E-state index contributed by atoms with van der Waals surface area (Å²) in [5, 5.41) is 2.68. The SMILES string of the molecule is CCCN(Cc1ccccc1)C(=O)c1csc(-c2ccc(OC)cc2)n1. The largest absolute Gasteiger partial charge is 0.497 e. The lowest BCUT2D eigenvalue weighted by molar-refractivity contribution is 0.0738. The molecule has 1 heterocycles. The fourth-order valence-corrected chi connectivity index (χ4v) is 3.53. The molecule has 0 fully saturated rings. The Bertz CT molecular complexity index is 844. The van der Waals surface area contributed by atoms with Crippen LogP contribution < -0.4 is 4.74 Å². The summed E-state index contributed by atoms with van der Waals surface area (Å²) in [4.78, 5) is 19.4. The molecule has 3 aromatic rings. The summed E-state index contributed by atoms with van der Waals surface area (Å²) in [7, 11) is 1.64. The predicted molar refractivity (Wildman–Crippen MR) is 106 cm³/mol. The molecular formula is C21H22N2O2S. The Morgan fingerprint density at radius 3 is 2.50 bits per heavy atom. The van der Waals surface area contributed by atoms with E-state index in [4.69, 9.17) is 4.74 Å². The minimum Gasteiger partial charge on any atom is -0.497 e. The molecule has 26 heavy (non-hydrogen) atoms. The van der Waals surface area contributed by atoms with Gasteiger partial charge in [0.15, 0.2) is 0 Å². The van der Waals surface area contributed by atoms with Crippen LogP contribution in [0.1, 0.15) is 29.4 Å². The van der Waals surface area contributed by atoms with Crippen molar-refractivity contribution in [2.75, 3.05) is 13.7 Å². The van der Waals surface area contributed by atoms with Gasteiger partial charge in [0.05, 0.1) is 7.11 Å². The number of methoxy groups -OCH3 is 1. The number of aromatic nitrogens is 1. The van der Waals surface area contributed by atoms with Crippen LogP contribution in [0.4, 0.5) is 0 Å². The zero-order valence-electron chi connectivity index (χ0n) is 15.0. The van der Waals surface area contributed by atoms with Gasteiger partial charge in [-0.15, -0.1) is 11.3 Å². The topological polar surface area (TPSA) is 42.4 Å². The summed E-state index contributed by atoms with van der Waals surface area (Å²) in [5.41, 5.74) is 2.62. The van der Waals surface area contributed by atoms with Crippen molar-refractivity contribution >= 4 is 17.2 Å². The van der Waals surface area contributed by atoms with E-state index in [-0.39, 0.29) is 5.91 Å². The Labute approximate surface area is 158 Å². The highest BCUT2D eigenvalue weighted by molar-refractivity contribution is 7.13. The molecule has 0 spiro atoms. The first kappa shape index (κ1) is 18.1. The third-order valence-electron chi connectivity index (χ3n) is 4.06. The molecule has 0 radical (unpaired) electrons. The van der Waals surface area contributed by atoms with Gasteiger partial charge in [0, 0.05) is 24.0 Å². The van der Waals surface area contributed by atoms with E-state index in [9.17, 15) is 4.79 Å². The van der Waals surface area contributed by atoms with Crippen molar-refractivity contribution in [3.05, 3.63) is 71.2 Å². The summed E-state index contributed by atoms with van der Waals surface area (Å²) in [6, 6.07) is 17.8. The van der Waals surface area contributed by atoms with Crippen molar-refractivity contribution in [2.45, 2.75) is 19.9 Å². The quantitative estimate of drug-likeness (QED) is 0.599. The Kier molecular flexibility index (Phi) is 6.02. The minimum absolute atomic E-state index is 0.0216. The van der Waals surface area contributed by atoms with Crippen molar-refractivity contribution < 1.29 is 9.53 Å². The van der Waals surface area contributed by atoms with Crippen LogP contribution in [0.5, 0.6) is 5.75 Å². The van der Waals surface area contributed by atoms with Crippen LogP contribution in [-0.4, -0.2) is 29.4 Å². The number of amides is 1. The third kappa shape index (κ3) is 4.29. The second-order valence-electron chi connectivity index (χ2n) is 5.98. The molecule has 5 heteroatoms. The molecule has 0 unspecified atom stereocenters. The van der Waals surface area contributed by atoms with Gasteiger partial charge in [0.25, 0.3) is 5.91 Å². The van der Waals surface area contributed by atoms with Gasteiger partial charge in [-0.1, -0.05) is 37.3 Å². The number of rotatable bonds is 7. The lowest BCUT2D eigenvalue weighted by atomic mass is 10.2. The molecule has 2 aromatic carbocycles. The second kappa shape index (κ2) is 8.63. The van der Waals surface area contributed by atoms with E-state index in [2.05, 4.69) is 11.9 Å². The first-order chi connectivity index (χ1) is 12.7. The molecule has 1 aromatic heterocycles. The first-order valence-corrected chi connectivity index (χ1v) is 9.52. The third-order valence-corrected chi connectivity index (χ3v) is 4.95. The van der Waals surface area contributed by atoms with Gasteiger partial charge in [0.2, 0.25) is 0 Å². The molecule has 134 valence electrons. The maximum atomic E-state index is 12.9. The van der Waals surface area contributed by atoms with Crippen molar-refractivity contribution in [3.63, 3.8) is 0 Å². The molecule has 0 bridgehead atoms. The predicted octanol–water partition coefficient (Wildman–Crippen LogP) is 4.87. The van der Waals surface area contributed by atoms with Gasteiger partial charge in [-0.3, -0.25) is 4.79 Å². The molecule has 0 saturated carbocycles. The first-order valence-electron chi connectivity index (χ1n) is 8.64. The number of carbonyl (C=O) groups excluding carboxylic acids is 1. The average molecular weight is 366 g/mol. The molecule has 0 N–H and O–H groups in total. The van der Waals surface area contributed by atoms with Crippen LogP contribution in [0, 0.1) is 0 Å². The number of nitrogens with zero attached hydrogens (tertiary/aromatic N) is 2. The van der Waals surface area contributed by atoms with Gasteiger partial charge in [0.1, 0.15) is 16.5 Å². The normalized spacial score (nSPS) is 10.5. The van der Waals surface area contributed by atoms with E-state index < -0.39 is 0 Å². The lowest BCUT2D eigenvalue weighted by Crippen LogP contribution is -2.31. The molecule has 3 rings (SSSR count). The number of benzene rings is 2. The summed E-state index contributed by atoms with van der Waals surface area (Å²) < 4.78 is 5.19. The Balaban J connectivity index is 1.78. The van der Waals surface area contributed by atoms with Crippen molar-refractivity contribution in [3.8, 4) is 16.3 Å². The second-order valence-corrected chi connectivity index (χ2v) is 6.84. The van der Waals surface area contributed by atoms with E-state index in [1.54, 1.807) is 7.11 Å². The lowest BCUT2D eigenvalue weighted by Gasteiger charge is -2.21. The van der Waals surface area contributed by atoms with Crippen LogP contribution in [-0.2, 0) is 6.54 Å². The molecule has 0 aliphatic carbocycles. The molecule has 0 aliphatic heterocycles. The van der Waals surface area contributed by atoms with Crippen molar-refractivity contribution in [2.24, 2.45) is 0 Å². The summed E-state index contributed by atoms with van der Waals surface area (Å²) in [6.07, 6.45) is 0.911. The molecule has 4 nitrogen and oxygen atoms in total. The molecule has 0 aliphatic rings. The summed E-state index contributed by atoms with van der Waals surface area (Å²) >= 11 is 1.49. The van der Waals surface area contributed by atoms with E-state index in [0.717, 1.165) is 28.3 Å². The maximum absolute atomic E-state index is 12.9. The number of ether oxygens (including phenoxy) is 1. The van der Waals surface area contributed by atoms with E-state index in [0.29, 0.717) is 18.8 Å². The monoisotopic (exact) mass is 366 g/mol. The highest BCUT2D eigenvalue weighted by Crippen LogP contribution is 2.26. The van der Waals surface area contributed by atoms with Crippen molar-refractivity contribution in [1.82, 2.24) is 9.88 Å². The summed E-state index contributed by atoms with van der Waals surface area (Å²) in [6.45, 7) is 3.39. The van der Waals surface area contributed by atoms with Crippen LogP contribution in [0.2, 0.25) is 0 Å². The van der Waals surface area contributed by atoms with Gasteiger partial charge < -0.3 is 9.64 Å². The van der Waals surface area contributed by atoms with Gasteiger partial charge in [-0.2, -0.15) is 0 Å². The number of carbonyl (C=O) groups is 1. The van der Waals surface area contributed by atoms with Crippen LogP contribution in [0.25, 0.3) is 10.6 Å². The maximum Gasteiger partial charge on any atom is 0.273 e. The molecule has 0 saturated heterocycles. The molecular weight excluding hydrogens is 344 g/mol. The van der Waals surface area contributed by atoms with Crippen LogP contribution in [0.15, 0.2) is 60.0 Å². The fourth-order valence-electron chi connectivity index (χ4n) is 2.73. The van der Waals surface area contributed by atoms with Gasteiger partial charge >= 0.3 is 0 Å². The minimum atomic E-state index is -0.0216.